The molecule has 0 N–H and O–H groups in total. The van der Waals surface area contributed by atoms with Gasteiger partial charge in [-0.1, -0.05) is 6.07 Å². The van der Waals surface area contributed by atoms with E-state index in [2.05, 4.69) is 0 Å². The van der Waals surface area contributed by atoms with Gasteiger partial charge >= 0.3 is 0 Å². The fourth-order valence-corrected chi connectivity index (χ4v) is 1.64. The van der Waals surface area contributed by atoms with Crippen molar-refractivity contribution in [3.63, 3.8) is 0 Å². The molecule has 4 heteroatoms. The summed E-state index contributed by atoms with van der Waals surface area (Å²) >= 11 is 0. The van der Waals surface area contributed by atoms with Crippen molar-refractivity contribution in [2.24, 2.45) is 0 Å². The van der Waals surface area contributed by atoms with Gasteiger partial charge in [-0.05, 0) is 44.0 Å². The number of carbonyl (C=O) groups is 1. The molecule has 0 atom stereocenters. The molecule has 0 aliphatic carbocycles. The third-order valence-electron chi connectivity index (χ3n) is 2.57. The van der Waals surface area contributed by atoms with Gasteiger partial charge in [-0.25, -0.2) is 4.39 Å². The summed E-state index contributed by atoms with van der Waals surface area (Å²) in [6.45, 7) is 6.25. The van der Waals surface area contributed by atoms with Gasteiger partial charge in [-0.2, -0.15) is 0 Å². The van der Waals surface area contributed by atoms with Crippen molar-refractivity contribution in [1.82, 2.24) is 0 Å². The van der Waals surface area contributed by atoms with Gasteiger partial charge in [0.25, 0.3) is 0 Å². The van der Waals surface area contributed by atoms with Crippen LogP contribution in [-0.2, 0) is 20.7 Å². The Balaban J connectivity index is 2.75. The summed E-state index contributed by atoms with van der Waals surface area (Å²) in [5.41, 5.74) is 1.56. The lowest BCUT2D eigenvalue weighted by atomic mass is 10.0. The molecule has 0 radical (unpaired) electrons. The number of ether oxygens (including phenoxy) is 2. The van der Waals surface area contributed by atoms with E-state index in [0.29, 0.717) is 18.8 Å². The number of aryl methyl sites for hydroxylation is 1. The molecule has 0 fully saturated rings. The first-order valence-electron chi connectivity index (χ1n) is 6.09. The zero-order chi connectivity index (χ0) is 13.5. The Kier molecular flexibility index (Phi) is 5.95. The number of rotatable bonds is 7. The Hall–Kier alpha value is -1.26. The number of carbonyl (C=O) groups excluding carboxylic acids is 1. The van der Waals surface area contributed by atoms with Crippen LogP contribution in [-0.4, -0.2) is 25.3 Å². The van der Waals surface area contributed by atoms with Gasteiger partial charge in [-0.3, -0.25) is 4.79 Å². The van der Waals surface area contributed by atoms with Crippen LogP contribution < -0.4 is 0 Å². The molecule has 0 aromatic heterocycles. The Morgan fingerprint density at radius 2 is 1.89 bits per heavy atom. The average molecular weight is 254 g/mol. The van der Waals surface area contributed by atoms with Gasteiger partial charge in [0.05, 0.1) is 0 Å². The highest BCUT2D eigenvalue weighted by molar-refractivity contribution is 5.84. The summed E-state index contributed by atoms with van der Waals surface area (Å²) in [6.07, 6.45) is -0.739. The molecule has 1 aromatic rings. The van der Waals surface area contributed by atoms with Crippen LogP contribution in [0, 0.1) is 12.7 Å². The molecule has 3 nitrogen and oxygen atoms in total. The van der Waals surface area contributed by atoms with Crippen molar-refractivity contribution >= 4 is 5.78 Å². The Morgan fingerprint density at radius 3 is 2.44 bits per heavy atom. The normalized spacial score (nSPS) is 10.9. The topological polar surface area (TPSA) is 35.5 Å². The van der Waals surface area contributed by atoms with E-state index in [0.717, 1.165) is 5.56 Å². The quantitative estimate of drug-likeness (QED) is 0.702. The van der Waals surface area contributed by atoms with Gasteiger partial charge in [-0.15, -0.1) is 0 Å². The molecule has 0 bridgehead atoms. The van der Waals surface area contributed by atoms with Crippen LogP contribution in [0.4, 0.5) is 4.39 Å². The number of halogens is 1. The minimum atomic E-state index is -0.859. The Morgan fingerprint density at radius 1 is 1.28 bits per heavy atom. The molecular weight excluding hydrogens is 235 g/mol. The second-order valence-electron chi connectivity index (χ2n) is 3.96. The van der Waals surface area contributed by atoms with Crippen molar-refractivity contribution in [3.8, 4) is 0 Å². The molecule has 0 heterocycles. The van der Waals surface area contributed by atoms with Crippen LogP contribution in [0.5, 0.6) is 0 Å². The van der Waals surface area contributed by atoms with Gasteiger partial charge < -0.3 is 9.47 Å². The van der Waals surface area contributed by atoms with Crippen LogP contribution in [0.2, 0.25) is 0 Å². The van der Waals surface area contributed by atoms with Crippen LogP contribution in [0.25, 0.3) is 0 Å². The first-order chi connectivity index (χ1) is 8.58. The number of benzene rings is 1. The number of ketones is 1. The maximum Gasteiger partial charge on any atom is 0.218 e. The van der Waals surface area contributed by atoms with Gasteiger partial charge in [0.1, 0.15) is 5.82 Å². The summed E-state index contributed by atoms with van der Waals surface area (Å²) < 4.78 is 23.6. The van der Waals surface area contributed by atoms with E-state index < -0.39 is 6.29 Å². The Bertz CT molecular complexity index is 398. The second-order valence-corrected chi connectivity index (χ2v) is 3.96. The van der Waals surface area contributed by atoms with Gasteiger partial charge in [0.2, 0.25) is 6.29 Å². The average Bonchev–Trinajstić information content (AvgIpc) is 2.33. The highest BCUT2D eigenvalue weighted by Gasteiger charge is 2.19. The van der Waals surface area contributed by atoms with Gasteiger partial charge in [0, 0.05) is 19.6 Å². The lowest BCUT2D eigenvalue weighted by molar-refractivity contribution is -0.167. The van der Waals surface area contributed by atoms with E-state index in [4.69, 9.17) is 9.47 Å². The molecule has 0 unspecified atom stereocenters. The van der Waals surface area contributed by atoms with Crippen LogP contribution in [0.3, 0.4) is 0 Å². The molecular formula is C14H19FO3. The van der Waals surface area contributed by atoms with Crippen molar-refractivity contribution in [2.75, 3.05) is 13.2 Å². The van der Waals surface area contributed by atoms with Gasteiger partial charge in [0.15, 0.2) is 5.78 Å². The molecule has 18 heavy (non-hydrogen) atoms. The maximum atomic E-state index is 13.1. The molecule has 0 amide bonds. The Labute approximate surface area is 107 Å². The summed E-state index contributed by atoms with van der Waals surface area (Å²) in [5, 5.41) is 0. The minimum Gasteiger partial charge on any atom is -0.346 e. The molecule has 0 saturated carbocycles. The number of hydrogen-bond acceptors (Lipinski definition) is 3. The summed E-state index contributed by atoms with van der Waals surface area (Å²) in [6, 6.07) is 4.42. The van der Waals surface area contributed by atoms with Crippen molar-refractivity contribution < 1.29 is 18.7 Å². The van der Waals surface area contributed by atoms with E-state index in [1.54, 1.807) is 19.9 Å². The monoisotopic (exact) mass is 254 g/mol. The van der Waals surface area contributed by atoms with Crippen LogP contribution in [0.1, 0.15) is 25.0 Å². The lowest BCUT2D eigenvalue weighted by Gasteiger charge is -2.16. The largest absolute Gasteiger partial charge is 0.346 e. The zero-order valence-electron chi connectivity index (χ0n) is 11.0. The van der Waals surface area contributed by atoms with Crippen molar-refractivity contribution in [1.29, 1.82) is 0 Å². The first kappa shape index (κ1) is 14.8. The maximum absolute atomic E-state index is 13.1. The standard InChI is InChI=1S/C14H19FO3/c1-4-17-14(18-5-2)13(16)9-11-8-12(15)7-6-10(11)3/h6-8,14H,4-5,9H2,1-3H3. The second kappa shape index (κ2) is 7.24. The lowest BCUT2D eigenvalue weighted by Crippen LogP contribution is -2.29. The first-order valence-corrected chi connectivity index (χ1v) is 6.09. The fourth-order valence-electron chi connectivity index (χ4n) is 1.64. The zero-order valence-corrected chi connectivity index (χ0v) is 11.0. The molecule has 1 aromatic carbocycles. The van der Waals surface area contributed by atoms with Crippen LogP contribution in [0.15, 0.2) is 18.2 Å². The minimum absolute atomic E-state index is 0.119. The third-order valence-corrected chi connectivity index (χ3v) is 2.57. The predicted molar refractivity (Wildman–Crippen MR) is 66.9 cm³/mol. The predicted octanol–water partition coefficient (Wildman–Crippen LogP) is 2.64. The van der Waals surface area contributed by atoms with E-state index >= 15 is 0 Å². The SMILES string of the molecule is CCOC(OCC)C(=O)Cc1cc(F)ccc1C. The van der Waals surface area contributed by atoms with E-state index in [1.807, 2.05) is 6.92 Å². The van der Waals surface area contributed by atoms with Crippen molar-refractivity contribution in [2.45, 2.75) is 33.5 Å². The molecule has 0 saturated heterocycles. The van der Waals surface area contributed by atoms with Crippen LogP contribution >= 0.6 is 0 Å². The fraction of sp³-hybridized carbons (Fsp3) is 0.500. The van der Waals surface area contributed by atoms with E-state index in [-0.39, 0.29) is 18.0 Å². The summed E-state index contributed by atoms with van der Waals surface area (Å²) in [5.74, 6) is -0.528. The molecule has 0 aliphatic heterocycles. The van der Waals surface area contributed by atoms with E-state index in [9.17, 15) is 9.18 Å². The number of hydrogen-bond donors (Lipinski definition) is 0. The molecule has 1 rings (SSSR count). The molecule has 0 spiro atoms. The van der Waals surface area contributed by atoms with Crippen molar-refractivity contribution in [3.05, 3.63) is 35.1 Å². The highest BCUT2D eigenvalue weighted by atomic mass is 19.1. The smallest absolute Gasteiger partial charge is 0.218 e. The molecule has 100 valence electrons. The molecule has 0 aliphatic rings. The third kappa shape index (κ3) is 4.20. The van der Waals surface area contributed by atoms with E-state index in [1.165, 1.54) is 12.1 Å². The summed E-state index contributed by atoms with van der Waals surface area (Å²) in [4.78, 5) is 12.0. The summed E-state index contributed by atoms with van der Waals surface area (Å²) in [7, 11) is 0. The highest BCUT2D eigenvalue weighted by Crippen LogP contribution is 2.13. The number of Topliss-reactive ketones (excluding diaryl/α,β-unsaturated/α-hetero) is 1.